The molecule has 3 atom stereocenters. The van der Waals surface area contributed by atoms with E-state index >= 15 is 0 Å². The summed E-state index contributed by atoms with van der Waals surface area (Å²) in [7, 11) is 0. The van der Waals surface area contributed by atoms with Crippen LogP contribution < -0.4 is 5.32 Å². The van der Waals surface area contributed by atoms with Crippen molar-refractivity contribution >= 4 is 5.91 Å². The molecule has 0 aliphatic carbocycles. The Morgan fingerprint density at radius 3 is 2.85 bits per heavy atom. The number of carbonyl (C=O) groups excluding carboxylic acids is 1. The van der Waals surface area contributed by atoms with Gasteiger partial charge in [0.25, 0.3) is 0 Å². The summed E-state index contributed by atoms with van der Waals surface area (Å²) in [5, 5.41) is 12.1. The minimum absolute atomic E-state index is 0.0144. The zero-order chi connectivity index (χ0) is 14.4. The number of hydrogen-bond acceptors (Lipinski definition) is 3. The summed E-state index contributed by atoms with van der Waals surface area (Å²) in [4.78, 5) is 12.4. The second-order valence-electron chi connectivity index (χ2n) is 5.25. The number of aliphatic hydroxyl groups excluding tert-OH is 1. The van der Waals surface area contributed by atoms with Crippen molar-refractivity contribution in [3.05, 3.63) is 35.9 Å². The van der Waals surface area contributed by atoms with Crippen LogP contribution in [0.2, 0.25) is 0 Å². The zero-order valence-corrected chi connectivity index (χ0v) is 11.9. The topological polar surface area (TPSA) is 58.6 Å². The van der Waals surface area contributed by atoms with Gasteiger partial charge in [0.2, 0.25) is 5.91 Å². The van der Waals surface area contributed by atoms with Gasteiger partial charge in [-0.1, -0.05) is 37.3 Å². The van der Waals surface area contributed by atoms with Crippen molar-refractivity contribution in [2.24, 2.45) is 5.92 Å². The molecule has 1 amide bonds. The molecule has 1 aliphatic rings. The van der Waals surface area contributed by atoms with Gasteiger partial charge >= 0.3 is 0 Å². The van der Waals surface area contributed by atoms with Gasteiger partial charge < -0.3 is 15.2 Å². The molecule has 4 heteroatoms. The smallest absolute Gasteiger partial charge is 0.226 e. The van der Waals surface area contributed by atoms with Crippen LogP contribution in [0.1, 0.15) is 37.9 Å². The van der Waals surface area contributed by atoms with E-state index in [9.17, 15) is 9.90 Å². The number of carbonyl (C=O) groups is 1. The minimum Gasteiger partial charge on any atom is -0.394 e. The lowest BCUT2D eigenvalue weighted by Gasteiger charge is -2.32. The fraction of sp³-hybridized carbons (Fsp3) is 0.562. The van der Waals surface area contributed by atoms with Crippen molar-refractivity contribution < 1.29 is 14.6 Å². The van der Waals surface area contributed by atoms with Gasteiger partial charge in [-0.05, 0) is 24.8 Å². The third kappa shape index (κ3) is 3.58. The van der Waals surface area contributed by atoms with Crippen LogP contribution in [0.25, 0.3) is 0 Å². The van der Waals surface area contributed by atoms with Gasteiger partial charge in [0.05, 0.1) is 24.7 Å². The Labute approximate surface area is 120 Å². The first-order valence-electron chi connectivity index (χ1n) is 7.34. The van der Waals surface area contributed by atoms with E-state index in [1.165, 1.54) is 0 Å². The van der Waals surface area contributed by atoms with Crippen molar-refractivity contribution in [2.45, 2.75) is 38.3 Å². The van der Waals surface area contributed by atoms with Crippen LogP contribution in [0.15, 0.2) is 30.3 Å². The van der Waals surface area contributed by atoms with Gasteiger partial charge in [0, 0.05) is 6.61 Å². The molecule has 1 fully saturated rings. The largest absolute Gasteiger partial charge is 0.394 e. The predicted octanol–water partition coefficient (Wildman–Crippen LogP) is 2.04. The van der Waals surface area contributed by atoms with E-state index in [0.29, 0.717) is 6.61 Å². The first-order chi connectivity index (χ1) is 9.76. The minimum atomic E-state index is -0.179. The van der Waals surface area contributed by atoms with E-state index in [-0.39, 0.29) is 30.6 Å². The van der Waals surface area contributed by atoms with Gasteiger partial charge in [-0.3, -0.25) is 4.79 Å². The second kappa shape index (κ2) is 7.41. The maximum atomic E-state index is 12.4. The summed E-state index contributed by atoms with van der Waals surface area (Å²) in [6, 6.07) is 9.72. The normalized spacial score (nSPS) is 24.1. The molecule has 0 saturated carbocycles. The lowest BCUT2D eigenvalue weighted by atomic mass is 9.88. The fourth-order valence-electron chi connectivity index (χ4n) is 2.61. The molecule has 0 bridgehead atoms. The Bertz CT molecular complexity index is 417. The predicted molar refractivity (Wildman–Crippen MR) is 77.2 cm³/mol. The van der Waals surface area contributed by atoms with Crippen molar-refractivity contribution in [3.8, 4) is 0 Å². The van der Waals surface area contributed by atoms with Gasteiger partial charge in [0.15, 0.2) is 0 Å². The number of rotatable bonds is 5. The molecule has 0 radical (unpaired) electrons. The molecule has 0 spiro atoms. The Morgan fingerprint density at radius 2 is 2.20 bits per heavy atom. The molecule has 1 aromatic rings. The Morgan fingerprint density at radius 1 is 1.45 bits per heavy atom. The Hall–Kier alpha value is -1.39. The number of benzene rings is 1. The van der Waals surface area contributed by atoms with E-state index in [2.05, 4.69) is 5.32 Å². The van der Waals surface area contributed by atoms with E-state index in [1.807, 2.05) is 37.3 Å². The van der Waals surface area contributed by atoms with Crippen LogP contribution in [-0.2, 0) is 9.53 Å². The van der Waals surface area contributed by atoms with Crippen molar-refractivity contribution in [1.29, 1.82) is 0 Å². The summed E-state index contributed by atoms with van der Waals surface area (Å²) < 4.78 is 5.82. The molecule has 2 N–H and O–H groups in total. The molecule has 2 rings (SSSR count). The standard InChI is InChI=1S/C16H23NO3/c1-2-13(11-18)17-16(19)14-9-6-10-20-15(14)12-7-4-3-5-8-12/h3-5,7-8,13-15,18H,2,6,9-11H2,1H3,(H,17,19). The van der Waals surface area contributed by atoms with Gasteiger partial charge in [-0.15, -0.1) is 0 Å². The summed E-state index contributed by atoms with van der Waals surface area (Å²) >= 11 is 0. The van der Waals surface area contributed by atoms with E-state index in [0.717, 1.165) is 24.8 Å². The Kier molecular flexibility index (Phi) is 5.56. The van der Waals surface area contributed by atoms with Crippen LogP contribution in [0, 0.1) is 5.92 Å². The molecule has 1 saturated heterocycles. The van der Waals surface area contributed by atoms with Crippen LogP contribution in [0.5, 0.6) is 0 Å². The van der Waals surface area contributed by atoms with Crippen molar-refractivity contribution in [1.82, 2.24) is 5.32 Å². The third-order valence-corrected chi connectivity index (χ3v) is 3.85. The van der Waals surface area contributed by atoms with Gasteiger partial charge in [0.1, 0.15) is 0 Å². The van der Waals surface area contributed by atoms with E-state index < -0.39 is 0 Å². The van der Waals surface area contributed by atoms with Crippen LogP contribution in [0.4, 0.5) is 0 Å². The highest BCUT2D eigenvalue weighted by Gasteiger charge is 2.33. The lowest BCUT2D eigenvalue weighted by Crippen LogP contribution is -2.43. The number of nitrogens with one attached hydrogen (secondary N) is 1. The van der Waals surface area contributed by atoms with Gasteiger partial charge in [-0.25, -0.2) is 0 Å². The van der Waals surface area contributed by atoms with Crippen LogP contribution in [-0.4, -0.2) is 30.3 Å². The monoisotopic (exact) mass is 277 g/mol. The second-order valence-corrected chi connectivity index (χ2v) is 5.25. The van der Waals surface area contributed by atoms with Crippen molar-refractivity contribution in [2.75, 3.05) is 13.2 Å². The van der Waals surface area contributed by atoms with Crippen molar-refractivity contribution in [3.63, 3.8) is 0 Å². The van der Waals surface area contributed by atoms with E-state index in [1.54, 1.807) is 0 Å². The molecule has 1 aromatic carbocycles. The maximum Gasteiger partial charge on any atom is 0.226 e. The first-order valence-corrected chi connectivity index (χ1v) is 7.34. The van der Waals surface area contributed by atoms with Crippen LogP contribution in [0.3, 0.4) is 0 Å². The fourth-order valence-corrected chi connectivity index (χ4v) is 2.61. The summed E-state index contributed by atoms with van der Waals surface area (Å²) in [5.41, 5.74) is 1.05. The molecule has 1 aliphatic heterocycles. The summed E-state index contributed by atoms with van der Waals surface area (Å²) in [5.74, 6) is -0.189. The lowest BCUT2D eigenvalue weighted by molar-refractivity contribution is -0.135. The highest BCUT2D eigenvalue weighted by atomic mass is 16.5. The number of aliphatic hydroxyl groups is 1. The average Bonchev–Trinajstić information content (AvgIpc) is 2.53. The molecule has 110 valence electrons. The molecule has 0 aromatic heterocycles. The molecule has 4 nitrogen and oxygen atoms in total. The van der Waals surface area contributed by atoms with Crippen LogP contribution >= 0.6 is 0 Å². The highest BCUT2D eigenvalue weighted by Crippen LogP contribution is 2.33. The molecule has 1 heterocycles. The molecular formula is C16H23NO3. The number of hydrogen-bond donors (Lipinski definition) is 2. The Balaban J connectivity index is 2.09. The zero-order valence-electron chi connectivity index (χ0n) is 11.9. The summed E-state index contributed by atoms with van der Waals surface area (Å²) in [6.45, 7) is 2.62. The quantitative estimate of drug-likeness (QED) is 0.866. The summed E-state index contributed by atoms with van der Waals surface area (Å²) in [6.07, 6.45) is 2.28. The molecular weight excluding hydrogens is 254 g/mol. The van der Waals surface area contributed by atoms with Gasteiger partial charge in [-0.2, -0.15) is 0 Å². The molecule has 3 unspecified atom stereocenters. The SMILES string of the molecule is CCC(CO)NC(=O)C1CCCOC1c1ccccc1. The highest BCUT2D eigenvalue weighted by molar-refractivity contribution is 5.79. The molecule has 20 heavy (non-hydrogen) atoms. The van der Waals surface area contributed by atoms with E-state index in [4.69, 9.17) is 4.74 Å². The number of amides is 1. The average molecular weight is 277 g/mol. The maximum absolute atomic E-state index is 12.4. The first kappa shape index (κ1) is 15.0. The number of ether oxygens (including phenoxy) is 1. The third-order valence-electron chi connectivity index (χ3n) is 3.85.